The standard InChI is InChI=1S/C26H37NO4/c1-22(2,3)23(4,28)17-14-24-9-10-26(17,30-6)21-25(24)11-12-27-18(24)13-15-7-8-16(29-5)20(31-21)19(15)25/h7-8,17-18,21,27-28H,9-14H2,1-6H3/t17-,18-,21-,23?,24?,25+,26-/m1/s1. The van der Waals surface area contributed by atoms with Crippen molar-refractivity contribution in [3.63, 3.8) is 0 Å². The molecule has 2 spiro atoms. The van der Waals surface area contributed by atoms with Gasteiger partial charge in [-0.05, 0) is 62.6 Å². The second-order valence-electron chi connectivity index (χ2n) is 12.0. The molecule has 2 aliphatic heterocycles. The Bertz CT molecular complexity index is 951. The van der Waals surface area contributed by atoms with Crippen molar-refractivity contribution in [3.05, 3.63) is 23.3 Å². The second kappa shape index (κ2) is 5.78. The van der Waals surface area contributed by atoms with Crippen molar-refractivity contribution < 1.29 is 19.3 Å². The summed E-state index contributed by atoms with van der Waals surface area (Å²) in [5.74, 6) is 1.77. The molecule has 4 bridgehead atoms. The van der Waals surface area contributed by atoms with Gasteiger partial charge in [0.15, 0.2) is 11.5 Å². The molecule has 2 unspecified atom stereocenters. The Morgan fingerprint density at radius 1 is 1.13 bits per heavy atom. The van der Waals surface area contributed by atoms with Crippen LogP contribution in [-0.4, -0.2) is 49.2 Å². The van der Waals surface area contributed by atoms with E-state index in [9.17, 15) is 5.11 Å². The molecule has 1 aromatic carbocycles. The molecular formula is C26H37NO4. The number of hydrogen-bond acceptors (Lipinski definition) is 5. The zero-order chi connectivity index (χ0) is 22.0. The number of methoxy groups -OCH3 is 2. The molecule has 4 fully saturated rings. The molecule has 6 aliphatic rings. The van der Waals surface area contributed by atoms with Gasteiger partial charge in [0.25, 0.3) is 0 Å². The van der Waals surface area contributed by atoms with Crippen molar-refractivity contribution in [2.45, 2.75) is 88.6 Å². The van der Waals surface area contributed by atoms with Crippen molar-refractivity contribution in [3.8, 4) is 11.5 Å². The van der Waals surface area contributed by atoms with Crippen LogP contribution in [0.25, 0.3) is 0 Å². The van der Waals surface area contributed by atoms with Gasteiger partial charge in [0, 0.05) is 35.5 Å². The minimum Gasteiger partial charge on any atom is -0.493 e. The fourth-order valence-corrected chi connectivity index (χ4v) is 8.68. The molecular weight excluding hydrogens is 390 g/mol. The van der Waals surface area contributed by atoms with Crippen molar-refractivity contribution in [1.82, 2.24) is 5.32 Å². The minimum atomic E-state index is -0.880. The Morgan fingerprint density at radius 2 is 1.90 bits per heavy atom. The topological polar surface area (TPSA) is 60.0 Å². The van der Waals surface area contributed by atoms with Crippen LogP contribution >= 0.6 is 0 Å². The summed E-state index contributed by atoms with van der Waals surface area (Å²) in [4.78, 5) is 0. The van der Waals surface area contributed by atoms with Crippen LogP contribution in [0.2, 0.25) is 0 Å². The molecule has 5 nitrogen and oxygen atoms in total. The molecule has 2 N–H and O–H groups in total. The Labute approximate surface area is 185 Å². The largest absolute Gasteiger partial charge is 0.493 e. The van der Waals surface area contributed by atoms with Gasteiger partial charge in [-0.2, -0.15) is 0 Å². The fourth-order valence-electron chi connectivity index (χ4n) is 8.68. The quantitative estimate of drug-likeness (QED) is 0.772. The lowest BCUT2D eigenvalue weighted by Crippen LogP contribution is -2.83. The van der Waals surface area contributed by atoms with Crippen molar-refractivity contribution >= 4 is 0 Å². The average molecular weight is 428 g/mol. The highest BCUT2D eigenvalue weighted by atomic mass is 16.6. The highest BCUT2D eigenvalue weighted by Crippen LogP contribution is 2.77. The summed E-state index contributed by atoms with van der Waals surface area (Å²) >= 11 is 0. The van der Waals surface area contributed by atoms with Gasteiger partial charge in [-0.15, -0.1) is 0 Å². The van der Waals surface area contributed by atoms with E-state index in [0.717, 1.165) is 50.1 Å². The molecule has 0 radical (unpaired) electrons. The van der Waals surface area contributed by atoms with Crippen LogP contribution in [0.1, 0.15) is 64.5 Å². The lowest BCUT2D eigenvalue weighted by molar-refractivity contribution is -0.303. The van der Waals surface area contributed by atoms with E-state index in [1.165, 1.54) is 11.1 Å². The second-order valence-corrected chi connectivity index (χ2v) is 12.0. The normalized spacial score (nSPS) is 43.8. The lowest BCUT2D eigenvalue weighted by Gasteiger charge is -2.74. The van der Waals surface area contributed by atoms with Gasteiger partial charge < -0.3 is 24.6 Å². The van der Waals surface area contributed by atoms with Crippen molar-refractivity contribution in [2.75, 3.05) is 20.8 Å². The van der Waals surface area contributed by atoms with Gasteiger partial charge in [0.2, 0.25) is 0 Å². The van der Waals surface area contributed by atoms with Crippen LogP contribution in [0, 0.1) is 16.7 Å². The molecule has 5 heteroatoms. The Kier molecular flexibility index (Phi) is 3.79. The van der Waals surface area contributed by atoms with Crippen molar-refractivity contribution in [1.29, 1.82) is 0 Å². The van der Waals surface area contributed by atoms with E-state index < -0.39 is 11.2 Å². The number of fused-ring (bicyclic) bond motifs is 2. The average Bonchev–Trinajstić information content (AvgIpc) is 3.09. The highest BCUT2D eigenvalue weighted by molar-refractivity contribution is 5.63. The SMILES string of the molecule is COc1ccc2c3c1O[C@H]1[C@@]4(OC)CCC5(C[C@@H]4C(C)(O)C(C)(C)C)[C@@H](C2)NCC[C@]315. The van der Waals surface area contributed by atoms with Gasteiger partial charge >= 0.3 is 0 Å². The van der Waals surface area contributed by atoms with Crippen molar-refractivity contribution in [2.24, 2.45) is 16.7 Å². The predicted octanol–water partition coefficient (Wildman–Crippen LogP) is 3.59. The zero-order valence-electron chi connectivity index (χ0n) is 19.8. The lowest BCUT2D eigenvalue weighted by atomic mass is 9.33. The third-order valence-corrected chi connectivity index (χ3v) is 10.6. The summed E-state index contributed by atoms with van der Waals surface area (Å²) < 4.78 is 19.3. The summed E-state index contributed by atoms with van der Waals surface area (Å²) in [5, 5.41) is 15.9. The van der Waals surface area contributed by atoms with E-state index in [-0.39, 0.29) is 28.3 Å². The zero-order valence-corrected chi connectivity index (χ0v) is 19.8. The molecule has 3 saturated carbocycles. The monoisotopic (exact) mass is 427 g/mol. The first-order valence-corrected chi connectivity index (χ1v) is 12.0. The summed E-state index contributed by atoms with van der Waals surface area (Å²) in [6.45, 7) is 9.48. The number of hydrogen-bond donors (Lipinski definition) is 2. The number of ether oxygens (including phenoxy) is 3. The highest BCUT2D eigenvalue weighted by Gasteiger charge is 2.81. The molecule has 0 aromatic heterocycles. The van der Waals surface area contributed by atoms with E-state index >= 15 is 0 Å². The molecule has 170 valence electrons. The first-order valence-electron chi connectivity index (χ1n) is 12.0. The molecule has 4 aliphatic carbocycles. The number of rotatable bonds is 3. The third kappa shape index (κ3) is 1.98. The molecule has 31 heavy (non-hydrogen) atoms. The van der Waals surface area contributed by atoms with E-state index in [1.807, 2.05) is 14.0 Å². The van der Waals surface area contributed by atoms with E-state index in [1.54, 1.807) is 7.11 Å². The molecule has 2 heterocycles. The van der Waals surface area contributed by atoms with Gasteiger partial charge in [0.05, 0.1) is 12.7 Å². The Morgan fingerprint density at radius 3 is 2.58 bits per heavy atom. The Balaban J connectivity index is 1.64. The van der Waals surface area contributed by atoms with Gasteiger partial charge in [-0.25, -0.2) is 0 Å². The summed E-state index contributed by atoms with van der Waals surface area (Å²) in [7, 11) is 3.57. The predicted molar refractivity (Wildman–Crippen MR) is 119 cm³/mol. The first-order chi connectivity index (χ1) is 14.6. The fraction of sp³-hybridized carbons (Fsp3) is 0.769. The van der Waals surface area contributed by atoms with Crippen LogP contribution < -0.4 is 14.8 Å². The number of nitrogens with one attached hydrogen (secondary N) is 1. The number of piperidine rings is 1. The van der Waals surface area contributed by atoms with Crippen LogP contribution in [0.4, 0.5) is 0 Å². The maximum Gasteiger partial charge on any atom is 0.165 e. The maximum absolute atomic E-state index is 12.0. The molecule has 0 amide bonds. The maximum atomic E-state index is 12.0. The summed E-state index contributed by atoms with van der Waals surface area (Å²) in [6, 6.07) is 4.73. The van der Waals surface area contributed by atoms with E-state index in [0.29, 0.717) is 6.04 Å². The Hall–Kier alpha value is -1.30. The van der Waals surface area contributed by atoms with Crippen LogP contribution in [0.3, 0.4) is 0 Å². The minimum absolute atomic E-state index is 0.00105. The van der Waals surface area contributed by atoms with Crippen LogP contribution in [-0.2, 0) is 16.6 Å². The van der Waals surface area contributed by atoms with Gasteiger partial charge in [-0.3, -0.25) is 0 Å². The molecule has 7 atom stereocenters. The molecule has 7 rings (SSSR count). The van der Waals surface area contributed by atoms with Crippen LogP contribution in [0.15, 0.2) is 12.1 Å². The van der Waals surface area contributed by atoms with E-state index in [2.05, 4.69) is 38.2 Å². The number of aliphatic hydroxyl groups is 1. The smallest absolute Gasteiger partial charge is 0.165 e. The summed E-state index contributed by atoms with van der Waals surface area (Å²) in [5.41, 5.74) is 1.13. The van der Waals surface area contributed by atoms with Gasteiger partial charge in [0.1, 0.15) is 11.7 Å². The molecule has 1 aromatic rings. The van der Waals surface area contributed by atoms with Crippen LogP contribution in [0.5, 0.6) is 11.5 Å². The summed E-state index contributed by atoms with van der Waals surface area (Å²) in [6.07, 6.45) is 4.99. The van der Waals surface area contributed by atoms with E-state index in [4.69, 9.17) is 14.2 Å². The first kappa shape index (κ1) is 20.3. The third-order valence-electron chi connectivity index (χ3n) is 10.6. The van der Waals surface area contributed by atoms with Gasteiger partial charge in [-0.1, -0.05) is 26.8 Å². The molecule has 1 saturated heterocycles. The number of benzene rings is 1.